The molecule has 0 aromatic carbocycles. The number of aromatic nitrogens is 1. The molecule has 1 heterocycles. The van der Waals surface area contributed by atoms with Gasteiger partial charge in [0.15, 0.2) is 0 Å². The molecule has 1 aromatic heterocycles. The normalized spacial score (nSPS) is 14.9. The third-order valence-electron chi connectivity index (χ3n) is 2.50. The highest BCUT2D eigenvalue weighted by Gasteiger charge is 2.14. The first-order valence-electron chi connectivity index (χ1n) is 5.39. The Bertz CT molecular complexity index is 272. The zero-order chi connectivity index (χ0) is 11.1. The van der Waals surface area contributed by atoms with Crippen LogP contribution < -0.4 is 5.73 Å². The topological polar surface area (TPSA) is 48.1 Å². The van der Waals surface area contributed by atoms with Crippen molar-refractivity contribution in [1.29, 1.82) is 0 Å². The number of hydrogen-bond acceptors (Lipinski definition) is 3. The zero-order valence-corrected chi connectivity index (χ0v) is 9.57. The summed E-state index contributed by atoms with van der Waals surface area (Å²) in [5.41, 5.74) is 6.96. The SMILES string of the molecule is CCC(C)(N)COCCc1cccnc1. The molecular weight excluding hydrogens is 188 g/mol. The lowest BCUT2D eigenvalue weighted by Crippen LogP contribution is -2.40. The summed E-state index contributed by atoms with van der Waals surface area (Å²) in [6.45, 7) is 5.41. The van der Waals surface area contributed by atoms with Crippen LogP contribution in [0.15, 0.2) is 24.5 Å². The molecule has 0 aliphatic heterocycles. The van der Waals surface area contributed by atoms with Gasteiger partial charge in [-0.25, -0.2) is 0 Å². The van der Waals surface area contributed by atoms with E-state index in [1.54, 1.807) is 6.20 Å². The molecule has 0 amide bonds. The smallest absolute Gasteiger partial charge is 0.0643 e. The summed E-state index contributed by atoms with van der Waals surface area (Å²) in [7, 11) is 0. The number of pyridine rings is 1. The van der Waals surface area contributed by atoms with Gasteiger partial charge in [0.1, 0.15) is 0 Å². The van der Waals surface area contributed by atoms with Crippen molar-refractivity contribution in [2.45, 2.75) is 32.2 Å². The number of ether oxygens (including phenoxy) is 1. The van der Waals surface area contributed by atoms with Gasteiger partial charge in [-0.05, 0) is 31.4 Å². The van der Waals surface area contributed by atoms with Crippen LogP contribution in [0.5, 0.6) is 0 Å². The van der Waals surface area contributed by atoms with Gasteiger partial charge in [-0.3, -0.25) is 4.98 Å². The van der Waals surface area contributed by atoms with Gasteiger partial charge in [0.2, 0.25) is 0 Å². The molecule has 0 saturated heterocycles. The summed E-state index contributed by atoms with van der Waals surface area (Å²) in [5, 5.41) is 0. The van der Waals surface area contributed by atoms with Crippen molar-refractivity contribution in [3.8, 4) is 0 Å². The Balaban J connectivity index is 2.18. The zero-order valence-electron chi connectivity index (χ0n) is 9.57. The number of hydrogen-bond donors (Lipinski definition) is 1. The standard InChI is InChI=1S/C12H20N2O/c1-3-12(2,13)10-15-8-6-11-5-4-7-14-9-11/h4-5,7,9H,3,6,8,10,13H2,1-2H3. The van der Waals surface area contributed by atoms with Crippen molar-refractivity contribution in [2.75, 3.05) is 13.2 Å². The van der Waals surface area contributed by atoms with E-state index >= 15 is 0 Å². The lowest BCUT2D eigenvalue weighted by Gasteiger charge is -2.22. The van der Waals surface area contributed by atoms with Gasteiger partial charge >= 0.3 is 0 Å². The minimum atomic E-state index is -0.199. The van der Waals surface area contributed by atoms with Crippen LogP contribution in [0, 0.1) is 0 Å². The van der Waals surface area contributed by atoms with Crippen LogP contribution in [0.4, 0.5) is 0 Å². The van der Waals surface area contributed by atoms with Gasteiger partial charge in [0.25, 0.3) is 0 Å². The Hall–Kier alpha value is -0.930. The van der Waals surface area contributed by atoms with Crippen LogP contribution in [-0.4, -0.2) is 23.7 Å². The van der Waals surface area contributed by atoms with E-state index < -0.39 is 0 Å². The second kappa shape index (κ2) is 5.83. The summed E-state index contributed by atoms with van der Waals surface area (Å²) in [4.78, 5) is 4.05. The molecule has 15 heavy (non-hydrogen) atoms. The van der Waals surface area contributed by atoms with Crippen LogP contribution in [0.25, 0.3) is 0 Å². The predicted molar refractivity (Wildman–Crippen MR) is 61.6 cm³/mol. The third kappa shape index (κ3) is 4.91. The maximum absolute atomic E-state index is 5.96. The van der Waals surface area contributed by atoms with Crippen LogP contribution >= 0.6 is 0 Å². The van der Waals surface area contributed by atoms with Gasteiger partial charge in [0, 0.05) is 17.9 Å². The summed E-state index contributed by atoms with van der Waals surface area (Å²) in [5.74, 6) is 0. The predicted octanol–water partition coefficient (Wildman–Crippen LogP) is 1.77. The molecule has 0 fully saturated rings. The summed E-state index contributed by atoms with van der Waals surface area (Å²) < 4.78 is 5.54. The first kappa shape index (κ1) is 12.1. The Kier molecular flexibility index (Phi) is 4.72. The molecule has 1 aromatic rings. The fourth-order valence-corrected chi connectivity index (χ4v) is 1.14. The largest absolute Gasteiger partial charge is 0.379 e. The first-order valence-corrected chi connectivity index (χ1v) is 5.39. The van der Waals surface area contributed by atoms with Crippen molar-refractivity contribution >= 4 is 0 Å². The van der Waals surface area contributed by atoms with Crippen LogP contribution in [-0.2, 0) is 11.2 Å². The van der Waals surface area contributed by atoms with Gasteiger partial charge in [-0.2, -0.15) is 0 Å². The summed E-state index contributed by atoms with van der Waals surface area (Å²) in [6.07, 6.45) is 5.47. The third-order valence-corrected chi connectivity index (χ3v) is 2.50. The second-order valence-corrected chi connectivity index (χ2v) is 4.17. The molecule has 0 bridgehead atoms. The van der Waals surface area contributed by atoms with Gasteiger partial charge in [0.05, 0.1) is 13.2 Å². The highest BCUT2D eigenvalue weighted by molar-refractivity contribution is 5.08. The maximum atomic E-state index is 5.96. The van der Waals surface area contributed by atoms with Crippen molar-refractivity contribution in [3.63, 3.8) is 0 Å². The quantitative estimate of drug-likeness (QED) is 0.725. The minimum absolute atomic E-state index is 0.199. The fraction of sp³-hybridized carbons (Fsp3) is 0.583. The highest BCUT2D eigenvalue weighted by Crippen LogP contribution is 2.05. The molecule has 3 heteroatoms. The average molecular weight is 208 g/mol. The maximum Gasteiger partial charge on any atom is 0.0643 e. The number of nitrogens with two attached hydrogens (primary N) is 1. The second-order valence-electron chi connectivity index (χ2n) is 4.17. The Morgan fingerprint density at radius 1 is 1.53 bits per heavy atom. The molecule has 84 valence electrons. The van der Waals surface area contributed by atoms with Gasteiger partial charge in [-0.1, -0.05) is 13.0 Å². The molecule has 0 aliphatic carbocycles. The Labute approximate surface area is 91.7 Å². The van der Waals surface area contributed by atoms with Crippen molar-refractivity contribution in [1.82, 2.24) is 4.98 Å². The van der Waals surface area contributed by atoms with Crippen molar-refractivity contribution < 1.29 is 4.74 Å². The van der Waals surface area contributed by atoms with Crippen LogP contribution in [0.1, 0.15) is 25.8 Å². The van der Waals surface area contributed by atoms with Crippen molar-refractivity contribution in [3.05, 3.63) is 30.1 Å². The van der Waals surface area contributed by atoms with E-state index in [-0.39, 0.29) is 5.54 Å². The monoisotopic (exact) mass is 208 g/mol. The molecule has 1 atom stereocenters. The van der Waals surface area contributed by atoms with E-state index in [1.807, 2.05) is 19.2 Å². The molecule has 0 aliphatic rings. The average Bonchev–Trinajstić information content (AvgIpc) is 2.26. The van der Waals surface area contributed by atoms with E-state index in [0.717, 1.165) is 12.8 Å². The van der Waals surface area contributed by atoms with Crippen LogP contribution in [0.3, 0.4) is 0 Å². The molecule has 2 N–H and O–H groups in total. The van der Waals surface area contributed by atoms with E-state index in [2.05, 4.69) is 18.0 Å². The highest BCUT2D eigenvalue weighted by atomic mass is 16.5. The van der Waals surface area contributed by atoms with E-state index in [1.165, 1.54) is 5.56 Å². The molecular formula is C12H20N2O. The fourth-order valence-electron chi connectivity index (χ4n) is 1.14. The lowest BCUT2D eigenvalue weighted by molar-refractivity contribution is 0.0918. The summed E-state index contributed by atoms with van der Waals surface area (Å²) >= 11 is 0. The summed E-state index contributed by atoms with van der Waals surface area (Å²) in [6, 6.07) is 3.99. The van der Waals surface area contributed by atoms with E-state index in [9.17, 15) is 0 Å². The molecule has 1 rings (SSSR count). The lowest BCUT2D eigenvalue weighted by atomic mass is 10.0. The number of rotatable bonds is 6. The van der Waals surface area contributed by atoms with Crippen LogP contribution in [0.2, 0.25) is 0 Å². The first-order chi connectivity index (χ1) is 7.14. The Morgan fingerprint density at radius 2 is 2.33 bits per heavy atom. The molecule has 0 spiro atoms. The van der Waals surface area contributed by atoms with E-state index in [0.29, 0.717) is 13.2 Å². The van der Waals surface area contributed by atoms with Gasteiger partial charge < -0.3 is 10.5 Å². The Morgan fingerprint density at radius 3 is 2.93 bits per heavy atom. The van der Waals surface area contributed by atoms with Crippen molar-refractivity contribution in [2.24, 2.45) is 5.73 Å². The number of nitrogens with zero attached hydrogens (tertiary/aromatic N) is 1. The van der Waals surface area contributed by atoms with Gasteiger partial charge in [-0.15, -0.1) is 0 Å². The minimum Gasteiger partial charge on any atom is -0.379 e. The molecule has 0 saturated carbocycles. The molecule has 1 unspecified atom stereocenters. The molecule has 0 radical (unpaired) electrons. The van der Waals surface area contributed by atoms with E-state index in [4.69, 9.17) is 10.5 Å². The molecule has 3 nitrogen and oxygen atoms in total.